The maximum Gasteiger partial charge on any atom is 0.252 e. The van der Waals surface area contributed by atoms with Crippen LogP contribution in [0.3, 0.4) is 0 Å². The lowest BCUT2D eigenvalue weighted by atomic mass is 9.96. The second-order valence-electron chi connectivity index (χ2n) is 7.63. The number of carbonyl (C=O) groups excluding carboxylic acids is 1. The zero-order valence-corrected chi connectivity index (χ0v) is 19.1. The van der Waals surface area contributed by atoms with Gasteiger partial charge in [-0.2, -0.15) is 5.26 Å². The van der Waals surface area contributed by atoms with E-state index in [1.807, 2.05) is 51.1 Å². The predicted octanol–water partition coefficient (Wildman–Crippen LogP) is 6.51. The van der Waals surface area contributed by atoms with E-state index >= 15 is 0 Å². The van der Waals surface area contributed by atoms with E-state index in [0.29, 0.717) is 21.2 Å². The molecule has 3 rings (SSSR count). The Morgan fingerprint density at radius 2 is 1.65 bits per heavy atom. The Bertz CT molecular complexity index is 1130. The highest BCUT2D eigenvalue weighted by Gasteiger charge is 2.22. The summed E-state index contributed by atoms with van der Waals surface area (Å²) in [5.74, 6) is -0.238. The van der Waals surface area contributed by atoms with Crippen molar-refractivity contribution in [3.05, 3.63) is 98.5 Å². The molecular weight excluding hydrogens is 429 g/mol. The number of benzene rings is 3. The van der Waals surface area contributed by atoms with Crippen molar-refractivity contribution in [2.75, 3.05) is 5.32 Å². The lowest BCUT2D eigenvalue weighted by Crippen LogP contribution is -2.30. The molecule has 3 aromatic rings. The third-order valence-corrected chi connectivity index (χ3v) is 5.35. The standard InChI is InChI=1S/C25H23Cl2N3O/c1-15(2)29-23-13-21(27)10-11-22(23)24(17-6-8-20(26)9-7-17)30-25(31)18-4-5-19(14-28)16(3)12-18/h4-13,15,24,29H,1-3H3,(H,30,31). The number of aryl methyl sites for hydroxylation is 1. The lowest BCUT2D eigenvalue weighted by Gasteiger charge is -2.24. The summed E-state index contributed by atoms with van der Waals surface area (Å²) >= 11 is 12.3. The van der Waals surface area contributed by atoms with E-state index in [4.69, 9.17) is 28.5 Å². The summed E-state index contributed by atoms with van der Waals surface area (Å²) in [6.45, 7) is 5.90. The van der Waals surface area contributed by atoms with Crippen molar-refractivity contribution >= 4 is 34.8 Å². The highest BCUT2D eigenvalue weighted by Crippen LogP contribution is 2.32. The van der Waals surface area contributed by atoms with Crippen LogP contribution in [0.2, 0.25) is 10.0 Å². The summed E-state index contributed by atoms with van der Waals surface area (Å²) in [6, 6.07) is 19.9. The minimum Gasteiger partial charge on any atom is -0.383 e. The number of nitriles is 1. The highest BCUT2D eigenvalue weighted by atomic mass is 35.5. The number of anilines is 1. The molecule has 0 bridgehead atoms. The molecule has 3 aromatic carbocycles. The number of rotatable bonds is 6. The van der Waals surface area contributed by atoms with E-state index in [0.717, 1.165) is 22.4 Å². The van der Waals surface area contributed by atoms with Gasteiger partial charge in [0.2, 0.25) is 0 Å². The molecule has 1 unspecified atom stereocenters. The summed E-state index contributed by atoms with van der Waals surface area (Å²) in [5, 5.41) is 16.9. The number of halogens is 2. The van der Waals surface area contributed by atoms with Gasteiger partial charge in [0.25, 0.3) is 5.91 Å². The Balaban J connectivity index is 2.04. The zero-order valence-electron chi connectivity index (χ0n) is 17.5. The molecule has 0 aromatic heterocycles. The Morgan fingerprint density at radius 3 is 2.26 bits per heavy atom. The molecule has 0 saturated heterocycles. The summed E-state index contributed by atoms with van der Waals surface area (Å²) in [6.07, 6.45) is 0. The van der Waals surface area contributed by atoms with Crippen LogP contribution in [0.5, 0.6) is 0 Å². The van der Waals surface area contributed by atoms with E-state index in [9.17, 15) is 4.79 Å². The van der Waals surface area contributed by atoms with Gasteiger partial charge in [0.15, 0.2) is 0 Å². The Hall–Kier alpha value is -3.00. The van der Waals surface area contributed by atoms with Crippen LogP contribution in [0.15, 0.2) is 60.7 Å². The second-order valence-corrected chi connectivity index (χ2v) is 8.50. The van der Waals surface area contributed by atoms with Crippen LogP contribution < -0.4 is 10.6 Å². The predicted molar refractivity (Wildman–Crippen MR) is 127 cm³/mol. The van der Waals surface area contributed by atoms with Crippen LogP contribution in [0.25, 0.3) is 0 Å². The molecule has 0 aliphatic heterocycles. The summed E-state index contributed by atoms with van der Waals surface area (Å²) in [7, 11) is 0. The Kier molecular flexibility index (Phi) is 7.22. The average molecular weight is 452 g/mol. The first-order valence-electron chi connectivity index (χ1n) is 9.91. The lowest BCUT2D eigenvalue weighted by molar-refractivity contribution is 0.0943. The molecule has 0 aliphatic carbocycles. The topological polar surface area (TPSA) is 64.9 Å². The van der Waals surface area contributed by atoms with E-state index in [1.165, 1.54) is 0 Å². The maximum atomic E-state index is 13.2. The average Bonchev–Trinajstić information content (AvgIpc) is 2.72. The van der Waals surface area contributed by atoms with Crippen LogP contribution >= 0.6 is 23.2 Å². The van der Waals surface area contributed by atoms with Crippen molar-refractivity contribution in [2.24, 2.45) is 0 Å². The molecule has 4 nitrogen and oxygen atoms in total. The molecule has 0 aliphatic rings. The molecule has 0 heterocycles. The number of nitrogens with zero attached hydrogens (tertiary/aromatic N) is 1. The molecule has 0 saturated carbocycles. The third kappa shape index (κ3) is 5.58. The van der Waals surface area contributed by atoms with Crippen LogP contribution in [0, 0.1) is 18.3 Å². The highest BCUT2D eigenvalue weighted by molar-refractivity contribution is 6.31. The van der Waals surface area contributed by atoms with E-state index in [-0.39, 0.29) is 11.9 Å². The van der Waals surface area contributed by atoms with Gasteiger partial charge in [0.1, 0.15) is 0 Å². The van der Waals surface area contributed by atoms with Gasteiger partial charge < -0.3 is 10.6 Å². The number of carbonyl (C=O) groups is 1. The van der Waals surface area contributed by atoms with Gasteiger partial charge in [-0.25, -0.2) is 0 Å². The van der Waals surface area contributed by atoms with Crippen LogP contribution in [-0.2, 0) is 0 Å². The summed E-state index contributed by atoms with van der Waals surface area (Å²) < 4.78 is 0. The fourth-order valence-electron chi connectivity index (χ4n) is 3.36. The van der Waals surface area contributed by atoms with E-state index in [2.05, 4.69) is 16.7 Å². The summed E-state index contributed by atoms with van der Waals surface area (Å²) in [5.41, 5.74) is 4.41. The monoisotopic (exact) mass is 451 g/mol. The van der Waals surface area contributed by atoms with Crippen LogP contribution in [0.4, 0.5) is 5.69 Å². The molecule has 2 N–H and O–H groups in total. The minimum atomic E-state index is -0.431. The van der Waals surface area contributed by atoms with Crippen molar-refractivity contribution in [2.45, 2.75) is 32.9 Å². The molecule has 6 heteroatoms. The molecule has 1 atom stereocenters. The van der Waals surface area contributed by atoms with Gasteiger partial charge >= 0.3 is 0 Å². The quantitative estimate of drug-likeness (QED) is 0.448. The summed E-state index contributed by atoms with van der Waals surface area (Å²) in [4.78, 5) is 13.2. The maximum absolute atomic E-state index is 13.2. The Morgan fingerprint density at radius 1 is 0.968 bits per heavy atom. The number of hydrogen-bond acceptors (Lipinski definition) is 3. The van der Waals surface area contributed by atoms with Gasteiger partial charge in [-0.1, -0.05) is 41.4 Å². The first-order chi connectivity index (χ1) is 14.8. The van der Waals surface area contributed by atoms with Gasteiger partial charge in [0, 0.05) is 32.9 Å². The van der Waals surface area contributed by atoms with E-state index < -0.39 is 6.04 Å². The molecular formula is C25H23Cl2N3O. The van der Waals surface area contributed by atoms with Gasteiger partial charge in [0.05, 0.1) is 17.7 Å². The third-order valence-electron chi connectivity index (χ3n) is 4.86. The fourth-order valence-corrected chi connectivity index (χ4v) is 3.65. The molecule has 0 radical (unpaired) electrons. The first kappa shape index (κ1) is 22.7. The van der Waals surface area contributed by atoms with Crippen molar-refractivity contribution in [3.8, 4) is 6.07 Å². The van der Waals surface area contributed by atoms with Crippen molar-refractivity contribution in [3.63, 3.8) is 0 Å². The van der Waals surface area contributed by atoms with Gasteiger partial charge in [-0.15, -0.1) is 0 Å². The smallest absolute Gasteiger partial charge is 0.252 e. The number of hydrogen-bond donors (Lipinski definition) is 2. The Labute approximate surface area is 192 Å². The first-order valence-corrected chi connectivity index (χ1v) is 10.7. The van der Waals surface area contributed by atoms with Gasteiger partial charge in [-0.05, 0) is 74.4 Å². The van der Waals surface area contributed by atoms with Crippen LogP contribution in [-0.4, -0.2) is 11.9 Å². The van der Waals surface area contributed by atoms with Crippen molar-refractivity contribution in [1.29, 1.82) is 5.26 Å². The zero-order chi connectivity index (χ0) is 22.5. The largest absolute Gasteiger partial charge is 0.383 e. The van der Waals surface area contributed by atoms with Crippen LogP contribution in [0.1, 0.15) is 52.5 Å². The van der Waals surface area contributed by atoms with E-state index in [1.54, 1.807) is 30.3 Å². The fraction of sp³-hybridized carbons (Fsp3) is 0.200. The number of amides is 1. The van der Waals surface area contributed by atoms with Crippen molar-refractivity contribution < 1.29 is 4.79 Å². The van der Waals surface area contributed by atoms with Gasteiger partial charge in [-0.3, -0.25) is 4.79 Å². The molecule has 1 amide bonds. The normalized spacial score (nSPS) is 11.6. The minimum absolute atomic E-state index is 0.181. The second kappa shape index (κ2) is 9.87. The molecule has 31 heavy (non-hydrogen) atoms. The SMILES string of the molecule is Cc1cc(C(=O)NC(c2ccc(Cl)cc2)c2ccc(Cl)cc2NC(C)C)ccc1C#N. The molecule has 0 fully saturated rings. The molecule has 0 spiro atoms. The number of nitrogens with one attached hydrogen (secondary N) is 2. The molecule has 158 valence electrons. The van der Waals surface area contributed by atoms with Crippen molar-refractivity contribution in [1.82, 2.24) is 5.32 Å².